The lowest BCUT2D eigenvalue weighted by molar-refractivity contribution is -0.137. The molecule has 3 N–H and O–H groups in total. The Hall–Kier alpha value is -1.14. The maximum absolute atomic E-state index is 13.9. The van der Waals surface area contributed by atoms with Gasteiger partial charge in [-0.3, -0.25) is 4.79 Å². The number of benzene rings is 1. The summed E-state index contributed by atoms with van der Waals surface area (Å²) in [5.74, 6) is -1.09. The molecule has 1 aromatic carbocycles. The van der Waals surface area contributed by atoms with Crippen LogP contribution >= 0.6 is 15.9 Å². The standard InChI is InChI=1S/C11H13BrFNO3/c1-17-8-4-2-6(11(13)10(8)12)7(14)3-5-9(15)16/h2,4,7H,3,5,14H2,1H3,(H,15,16). The fraction of sp³-hybridized carbons (Fsp3) is 0.364. The molecule has 1 unspecified atom stereocenters. The lowest BCUT2D eigenvalue weighted by atomic mass is 10.0. The van der Waals surface area contributed by atoms with Crippen LogP contribution in [0.25, 0.3) is 0 Å². The predicted octanol–water partition coefficient (Wildman–Crippen LogP) is 2.46. The summed E-state index contributed by atoms with van der Waals surface area (Å²) >= 11 is 3.07. The van der Waals surface area contributed by atoms with Crippen LogP contribution in [0.5, 0.6) is 5.75 Å². The Morgan fingerprint density at radius 2 is 2.29 bits per heavy atom. The van der Waals surface area contributed by atoms with E-state index in [2.05, 4.69) is 15.9 Å². The van der Waals surface area contributed by atoms with Crippen LogP contribution in [0.4, 0.5) is 4.39 Å². The fourth-order valence-electron chi connectivity index (χ4n) is 1.43. The normalized spacial score (nSPS) is 12.2. The number of aliphatic carboxylic acids is 1. The highest BCUT2D eigenvalue weighted by molar-refractivity contribution is 9.10. The van der Waals surface area contributed by atoms with Gasteiger partial charge in [0.2, 0.25) is 0 Å². The molecule has 94 valence electrons. The molecule has 0 aliphatic heterocycles. The number of rotatable bonds is 5. The molecular weight excluding hydrogens is 293 g/mol. The minimum Gasteiger partial charge on any atom is -0.495 e. The molecule has 0 aromatic heterocycles. The molecular formula is C11H13BrFNO3. The van der Waals surface area contributed by atoms with E-state index in [0.717, 1.165) is 0 Å². The third-order valence-electron chi connectivity index (χ3n) is 2.37. The van der Waals surface area contributed by atoms with Crippen molar-refractivity contribution in [2.45, 2.75) is 18.9 Å². The summed E-state index contributed by atoms with van der Waals surface area (Å²) in [6.07, 6.45) is 0.0925. The first-order chi connectivity index (χ1) is 7.97. The van der Waals surface area contributed by atoms with Gasteiger partial charge in [-0.25, -0.2) is 4.39 Å². The number of carboxylic acid groups (broad SMARTS) is 1. The zero-order valence-corrected chi connectivity index (χ0v) is 10.8. The van der Waals surface area contributed by atoms with E-state index < -0.39 is 17.8 Å². The summed E-state index contributed by atoms with van der Waals surface area (Å²) in [6, 6.07) is 2.45. The number of hydrogen-bond acceptors (Lipinski definition) is 3. The first kappa shape index (κ1) is 13.9. The molecule has 0 bridgehead atoms. The zero-order valence-electron chi connectivity index (χ0n) is 9.24. The molecule has 6 heteroatoms. The van der Waals surface area contributed by atoms with E-state index in [0.29, 0.717) is 5.75 Å². The van der Waals surface area contributed by atoms with E-state index in [1.165, 1.54) is 13.2 Å². The fourth-order valence-corrected chi connectivity index (χ4v) is 1.95. The van der Waals surface area contributed by atoms with Crippen molar-refractivity contribution in [2.75, 3.05) is 7.11 Å². The molecule has 1 atom stereocenters. The second kappa shape index (κ2) is 5.97. The van der Waals surface area contributed by atoms with Crippen molar-refractivity contribution in [3.63, 3.8) is 0 Å². The van der Waals surface area contributed by atoms with Crippen molar-refractivity contribution in [2.24, 2.45) is 5.73 Å². The van der Waals surface area contributed by atoms with Gasteiger partial charge >= 0.3 is 5.97 Å². The zero-order chi connectivity index (χ0) is 13.0. The Bertz CT molecular complexity index is 425. The lowest BCUT2D eigenvalue weighted by Gasteiger charge is -2.14. The van der Waals surface area contributed by atoms with E-state index in [1.807, 2.05) is 0 Å². The topological polar surface area (TPSA) is 72.5 Å². The molecule has 1 rings (SSSR count). The van der Waals surface area contributed by atoms with Crippen LogP contribution in [0.3, 0.4) is 0 Å². The quantitative estimate of drug-likeness (QED) is 0.876. The summed E-state index contributed by atoms with van der Waals surface area (Å²) in [4.78, 5) is 10.4. The summed E-state index contributed by atoms with van der Waals surface area (Å²) in [7, 11) is 1.43. The SMILES string of the molecule is COc1ccc(C(N)CCC(=O)O)c(F)c1Br. The third-order valence-corrected chi connectivity index (χ3v) is 3.10. The molecule has 0 radical (unpaired) electrons. The highest BCUT2D eigenvalue weighted by Crippen LogP contribution is 2.32. The molecule has 0 aliphatic carbocycles. The number of halogens is 2. The van der Waals surface area contributed by atoms with Gasteiger partial charge in [0.25, 0.3) is 0 Å². The Morgan fingerprint density at radius 3 is 2.82 bits per heavy atom. The summed E-state index contributed by atoms with van der Waals surface area (Å²) in [6.45, 7) is 0. The van der Waals surface area contributed by atoms with Crippen molar-refractivity contribution in [1.29, 1.82) is 0 Å². The van der Waals surface area contributed by atoms with E-state index in [1.54, 1.807) is 6.07 Å². The number of ether oxygens (including phenoxy) is 1. The molecule has 1 aromatic rings. The summed E-state index contributed by atoms with van der Waals surface area (Å²) in [5, 5.41) is 8.54. The maximum Gasteiger partial charge on any atom is 0.303 e. The summed E-state index contributed by atoms with van der Waals surface area (Å²) in [5.41, 5.74) is 6.02. The average molecular weight is 306 g/mol. The van der Waals surface area contributed by atoms with Crippen molar-refractivity contribution in [3.8, 4) is 5.75 Å². The highest BCUT2D eigenvalue weighted by atomic mass is 79.9. The van der Waals surface area contributed by atoms with Gasteiger partial charge in [0.15, 0.2) is 0 Å². The number of carboxylic acids is 1. The third kappa shape index (κ3) is 3.41. The van der Waals surface area contributed by atoms with Crippen LogP contribution in [0.1, 0.15) is 24.4 Å². The van der Waals surface area contributed by atoms with E-state index in [-0.39, 0.29) is 22.9 Å². The summed E-state index contributed by atoms with van der Waals surface area (Å²) < 4.78 is 19.0. The van der Waals surface area contributed by atoms with Crippen LogP contribution in [0, 0.1) is 5.82 Å². The van der Waals surface area contributed by atoms with Gasteiger partial charge in [0.05, 0.1) is 11.6 Å². The molecule has 0 aliphatic rings. The van der Waals surface area contributed by atoms with E-state index in [9.17, 15) is 9.18 Å². The molecule has 0 saturated carbocycles. The first-order valence-electron chi connectivity index (χ1n) is 4.96. The minimum absolute atomic E-state index is 0.0930. The molecule has 0 heterocycles. The molecule has 0 saturated heterocycles. The van der Waals surface area contributed by atoms with Crippen molar-refractivity contribution in [3.05, 3.63) is 28.0 Å². The van der Waals surface area contributed by atoms with Gasteiger partial charge in [-0.15, -0.1) is 0 Å². The van der Waals surface area contributed by atoms with Crippen LogP contribution in [-0.2, 0) is 4.79 Å². The Labute approximate surface area is 107 Å². The van der Waals surface area contributed by atoms with E-state index in [4.69, 9.17) is 15.6 Å². The van der Waals surface area contributed by atoms with Crippen LogP contribution in [0.2, 0.25) is 0 Å². The minimum atomic E-state index is -0.951. The predicted molar refractivity (Wildman–Crippen MR) is 64.5 cm³/mol. The van der Waals surface area contributed by atoms with Gasteiger partial charge in [-0.05, 0) is 28.4 Å². The molecule has 0 fully saturated rings. The second-order valence-electron chi connectivity index (χ2n) is 3.52. The highest BCUT2D eigenvalue weighted by Gasteiger charge is 2.17. The average Bonchev–Trinajstić information content (AvgIpc) is 2.29. The molecule has 4 nitrogen and oxygen atoms in total. The Balaban J connectivity index is 2.91. The largest absolute Gasteiger partial charge is 0.495 e. The van der Waals surface area contributed by atoms with Crippen molar-refractivity contribution >= 4 is 21.9 Å². The van der Waals surface area contributed by atoms with Gasteiger partial charge < -0.3 is 15.6 Å². The Kier molecular flexibility index (Phi) is 4.89. The van der Waals surface area contributed by atoms with Gasteiger partial charge in [0, 0.05) is 18.0 Å². The number of hydrogen-bond donors (Lipinski definition) is 2. The molecule has 0 spiro atoms. The van der Waals surface area contributed by atoms with E-state index >= 15 is 0 Å². The number of nitrogens with two attached hydrogens (primary N) is 1. The number of methoxy groups -OCH3 is 1. The number of carbonyl (C=O) groups is 1. The Morgan fingerprint density at radius 1 is 1.65 bits per heavy atom. The lowest BCUT2D eigenvalue weighted by Crippen LogP contribution is -2.14. The van der Waals surface area contributed by atoms with Crippen molar-refractivity contribution < 1.29 is 19.0 Å². The van der Waals surface area contributed by atoms with Crippen molar-refractivity contribution in [1.82, 2.24) is 0 Å². The maximum atomic E-state index is 13.9. The molecule has 0 amide bonds. The monoisotopic (exact) mass is 305 g/mol. The second-order valence-corrected chi connectivity index (χ2v) is 4.32. The molecule has 17 heavy (non-hydrogen) atoms. The van der Waals surface area contributed by atoms with Gasteiger partial charge in [-0.2, -0.15) is 0 Å². The van der Waals surface area contributed by atoms with Crippen LogP contribution in [-0.4, -0.2) is 18.2 Å². The smallest absolute Gasteiger partial charge is 0.303 e. The van der Waals surface area contributed by atoms with Crippen LogP contribution in [0.15, 0.2) is 16.6 Å². The van der Waals surface area contributed by atoms with Crippen LogP contribution < -0.4 is 10.5 Å². The first-order valence-corrected chi connectivity index (χ1v) is 5.76. The van der Waals surface area contributed by atoms with Gasteiger partial charge in [-0.1, -0.05) is 6.07 Å². The van der Waals surface area contributed by atoms with Gasteiger partial charge in [0.1, 0.15) is 11.6 Å².